The minimum absolute atomic E-state index is 0.185. The minimum atomic E-state index is -0.874. The molecule has 0 spiro atoms. The van der Waals surface area contributed by atoms with E-state index in [1.807, 2.05) is 6.92 Å². The molecule has 0 aromatic carbocycles. The van der Waals surface area contributed by atoms with Crippen molar-refractivity contribution < 1.29 is 14.3 Å². The Labute approximate surface area is 155 Å². The Bertz CT molecular complexity index is 896. The van der Waals surface area contributed by atoms with Gasteiger partial charge in [-0.25, -0.2) is 4.79 Å². The van der Waals surface area contributed by atoms with Crippen LogP contribution in [0.15, 0.2) is 35.4 Å². The van der Waals surface area contributed by atoms with Gasteiger partial charge < -0.3 is 15.4 Å². The molecule has 2 atom stereocenters. The van der Waals surface area contributed by atoms with Crippen molar-refractivity contribution in [3.05, 3.63) is 58.0 Å². The van der Waals surface area contributed by atoms with Crippen LogP contribution in [0.25, 0.3) is 0 Å². The number of aromatic nitrogens is 3. The number of pyridine rings is 1. The average Bonchev–Trinajstić information content (AvgIpc) is 2.64. The summed E-state index contributed by atoms with van der Waals surface area (Å²) in [4.78, 5) is 44.2. The summed E-state index contributed by atoms with van der Waals surface area (Å²) in [6.45, 7) is 3.91. The Morgan fingerprint density at radius 2 is 2.22 bits per heavy atom. The first-order chi connectivity index (χ1) is 13.0. The fourth-order valence-electron chi connectivity index (χ4n) is 3.04. The summed E-state index contributed by atoms with van der Waals surface area (Å²) in [6.07, 6.45) is 2.32. The summed E-state index contributed by atoms with van der Waals surface area (Å²) in [6, 6.07) is 4.69. The first-order valence-corrected chi connectivity index (χ1v) is 8.59. The van der Waals surface area contributed by atoms with Crippen LogP contribution in [0, 0.1) is 13.8 Å². The van der Waals surface area contributed by atoms with Gasteiger partial charge in [0.1, 0.15) is 6.61 Å². The zero-order chi connectivity index (χ0) is 19.4. The van der Waals surface area contributed by atoms with Crippen molar-refractivity contribution in [2.75, 3.05) is 13.2 Å². The monoisotopic (exact) mass is 371 g/mol. The van der Waals surface area contributed by atoms with Crippen molar-refractivity contribution in [1.29, 1.82) is 0 Å². The second-order valence-corrected chi connectivity index (χ2v) is 6.33. The van der Waals surface area contributed by atoms with E-state index >= 15 is 0 Å². The van der Waals surface area contributed by atoms with Crippen LogP contribution in [0.3, 0.4) is 0 Å². The number of carbonyl (C=O) groups excluding carboxylic acids is 2. The van der Waals surface area contributed by atoms with Gasteiger partial charge >= 0.3 is 5.69 Å². The van der Waals surface area contributed by atoms with Gasteiger partial charge in [-0.3, -0.25) is 19.1 Å². The predicted molar refractivity (Wildman–Crippen MR) is 95.8 cm³/mol. The molecule has 1 aliphatic heterocycles. The quantitative estimate of drug-likeness (QED) is 0.741. The lowest BCUT2D eigenvalue weighted by Crippen LogP contribution is -2.52. The van der Waals surface area contributed by atoms with Crippen LogP contribution >= 0.6 is 0 Å². The summed E-state index contributed by atoms with van der Waals surface area (Å²) in [7, 11) is 0. The number of morpholine rings is 1. The van der Waals surface area contributed by atoms with E-state index in [1.54, 1.807) is 37.5 Å². The highest BCUT2D eigenvalue weighted by Crippen LogP contribution is 2.21. The van der Waals surface area contributed by atoms with Crippen molar-refractivity contribution in [1.82, 2.24) is 25.2 Å². The Morgan fingerprint density at radius 1 is 1.41 bits per heavy atom. The standard InChI is InChI=1S/C18H21N5O4/c1-11-8-12(2)23(18(26)21-11)7-6-20-17(25)16-15(22-14(24)10-27-16)13-4-3-5-19-9-13/h3-5,8-9,15-16H,6-7,10H2,1-2H3,(H,20,25)(H,22,24)/t15-,16+/m1/s1. The topological polar surface area (TPSA) is 115 Å². The molecule has 2 amide bonds. The number of hydrogen-bond donors (Lipinski definition) is 2. The first kappa shape index (κ1) is 18.7. The molecule has 0 unspecified atom stereocenters. The summed E-state index contributed by atoms with van der Waals surface area (Å²) < 4.78 is 6.95. The molecule has 1 saturated heterocycles. The molecule has 9 nitrogen and oxygen atoms in total. The molecule has 3 rings (SSSR count). The van der Waals surface area contributed by atoms with E-state index in [2.05, 4.69) is 20.6 Å². The molecule has 0 aliphatic carbocycles. The molecule has 27 heavy (non-hydrogen) atoms. The van der Waals surface area contributed by atoms with Gasteiger partial charge in [0.25, 0.3) is 5.91 Å². The Hall–Kier alpha value is -3.07. The zero-order valence-corrected chi connectivity index (χ0v) is 15.1. The normalized spacial score (nSPS) is 19.4. The van der Waals surface area contributed by atoms with E-state index in [0.717, 1.165) is 5.69 Å². The number of aryl methyl sites for hydroxylation is 2. The highest BCUT2D eigenvalue weighted by atomic mass is 16.5. The molecule has 0 bridgehead atoms. The van der Waals surface area contributed by atoms with E-state index in [0.29, 0.717) is 17.8 Å². The fraction of sp³-hybridized carbons (Fsp3) is 0.389. The van der Waals surface area contributed by atoms with Crippen LogP contribution < -0.4 is 16.3 Å². The van der Waals surface area contributed by atoms with E-state index in [4.69, 9.17) is 4.74 Å². The second kappa shape index (κ2) is 8.09. The number of amides is 2. The molecule has 1 aliphatic rings. The number of nitrogens with zero attached hydrogens (tertiary/aromatic N) is 3. The Balaban J connectivity index is 1.66. The maximum atomic E-state index is 12.6. The molecule has 142 valence electrons. The molecular weight excluding hydrogens is 350 g/mol. The maximum Gasteiger partial charge on any atom is 0.348 e. The molecule has 9 heteroatoms. The number of rotatable bonds is 5. The Morgan fingerprint density at radius 3 is 2.93 bits per heavy atom. The Kier molecular flexibility index (Phi) is 5.60. The average molecular weight is 371 g/mol. The van der Waals surface area contributed by atoms with Crippen LogP contribution in [0.4, 0.5) is 0 Å². The molecule has 3 heterocycles. The van der Waals surface area contributed by atoms with Gasteiger partial charge in [0.05, 0.1) is 6.04 Å². The van der Waals surface area contributed by atoms with Crippen molar-refractivity contribution in [3.8, 4) is 0 Å². The minimum Gasteiger partial charge on any atom is -0.356 e. The zero-order valence-electron chi connectivity index (χ0n) is 15.1. The van der Waals surface area contributed by atoms with Crippen molar-refractivity contribution in [2.45, 2.75) is 32.5 Å². The molecule has 2 aromatic heterocycles. The molecule has 2 N–H and O–H groups in total. The molecule has 2 aromatic rings. The summed E-state index contributed by atoms with van der Waals surface area (Å²) in [5.41, 5.74) is 1.76. The number of hydrogen-bond acceptors (Lipinski definition) is 6. The number of nitrogens with one attached hydrogen (secondary N) is 2. The third kappa shape index (κ3) is 4.37. The SMILES string of the molecule is Cc1cc(C)n(CCNC(=O)[C@H]2OCC(=O)N[C@@H]2c2cccnc2)c(=O)n1. The lowest BCUT2D eigenvalue weighted by molar-refractivity contribution is -0.148. The van der Waals surface area contributed by atoms with E-state index in [9.17, 15) is 14.4 Å². The van der Waals surface area contributed by atoms with Crippen LogP contribution in [0.1, 0.15) is 23.0 Å². The van der Waals surface area contributed by atoms with Gasteiger partial charge in [-0.1, -0.05) is 6.07 Å². The lowest BCUT2D eigenvalue weighted by Gasteiger charge is -2.31. The highest BCUT2D eigenvalue weighted by molar-refractivity contribution is 5.86. The van der Waals surface area contributed by atoms with E-state index < -0.39 is 12.1 Å². The van der Waals surface area contributed by atoms with Gasteiger partial charge in [0.15, 0.2) is 6.10 Å². The van der Waals surface area contributed by atoms with Crippen molar-refractivity contribution >= 4 is 11.8 Å². The maximum absolute atomic E-state index is 12.6. The highest BCUT2D eigenvalue weighted by Gasteiger charge is 2.36. The summed E-state index contributed by atoms with van der Waals surface area (Å²) in [5, 5.41) is 5.53. The number of ether oxygens (including phenoxy) is 1. The van der Waals surface area contributed by atoms with Gasteiger partial charge in [0.2, 0.25) is 5.91 Å². The number of carbonyl (C=O) groups is 2. The van der Waals surface area contributed by atoms with Crippen molar-refractivity contribution in [2.24, 2.45) is 0 Å². The van der Waals surface area contributed by atoms with Gasteiger partial charge in [-0.15, -0.1) is 0 Å². The predicted octanol–water partition coefficient (Wildman–Crippen LogP) is -0.372. The third-order valence-corrected chi connectivity index (χ3v) is 4.30. The molecule has 0 saturated carbocycles. The molecule has 1 fully saturated rings. The lowest BCUT2D eigenvalue weighted by atomic mass is 10.0. The molecular formula is C18H21N5O4. The van der Waals surface area contributed by atoms with Crippen LogP contribution in [0.2, 0.25) is 0 Å². The third-order valence-electron chi connectivity index (χ3n) is 4.30. The van der Waals surface area contributed by atoms with Crippen molar-refractivity contribution in [3.63, 3.8) is 0 Å². The largest absolute Gasteiger partial charge is 0.356 e. The van der Waals surface area contributed by atoms with Crippen LogP contribution in [0.5, 0.6) is 0 Å². The van der Waals surface area contributed by atoms with Crippen LogP contribution in [-0.2, 0) is 20.9 Å². The smallest absolute Gasteiger partial charge is 0.348 e. The van der Waals surface area contributed by atoms with E-state index in [1.165, 1.54) is 4.57 Å². The van der Waals surface area contributed by atoms with Gasteiger partial charge in [-0.2, -0.15) is 4.98 Å². The second-order valence-electron chi connectivity index (χ2n) is 6.33. The van der Waals surface area contributed by atoms with Gasteiger partial charge in [0, 0.05) is 36.9 Å². The fourth-order valence-corrected chi connectivity index (χ4v) is 3.04. The van der Waals surface area contributed by atoms with Gasteiger partial charge in [-0.05, 0) is 31.5 Å². The van der Waals surface area contributed by atoms with Crippen LogP contribution in [-0.4, -0.2) is 45.6 Å². The van der Waals surface area contributed by atoms with E-state index in [-0.39, 0.29) is 30.7 Å². The summed E-state index contributed by atoms with van der Waals surface area (Å²) >= 11 is 0. The first-order valence-electron chi connectivity index (χ1n) is 8.59. The summed E-state index contributed by atoms with van der Waals surface area (Å²) in [5.74, 6) is -0.657. The molecule has 0 radical (unpaired) electrons.